The van der Waals surface area contributed by atoms with E-state index in [2.05, 4.69) is 9.80 Å². The molecule has 27 heavy (non-hydrogen) atoms. The number of benzene rings is 1. The highest BCUT2D eigenvalue weighted by atomic mass is 35.5. The van der Waals surface area contributed by atoms with Crippen molar-refractivity contribution in [2.24, 2.45) is 5.92 Å². The summed E-state index contributed by atoms with van der Waals surface area (Å²) in [6, 6.07) is 5.24. The molecule has 0 unspecified atom stereocenters. The van der Waals surface area contributed by atoms with Gasteiger partial charge in [-0.3, -0.25) is 14.6 Å². The number of methoxy groups -OCH3 is 1. The van der Waals surface area contributed by atoms with Crippen LogP contribution in [0.15, 0.2) is 18.2 Å². The maximum atomic E-state index is 14.2. The Bertz CT molecular complexity index is 619. The van der Waals surface area contributed by atoms with E-state index in [1.165, 1.54) is 13.2 Å². The second-order valence-corrected chi connectivity index (χ2v) is 7.72. The van der Waals surface area contributed by atoms with Gasteiger partial charge in [-0.15, -0.1) is 0 Å². The van der Waals surface area contributed by atoms with Crippen LogP contribution in [-0.2, 0) is 20.8 Å². The van der Waals surface area contributed by atoms with E-state index in [4.69, 9.17) is 21.1 Å². The molecule has 2 aliphatic heterocycles. The average molecular weight is 399 g/mol. The monoisotopic (exact) mass is 398 g/mol. The van der Waals surface area contributed by atoms with Crippen molar-refractivity contribution in [3.63, 3.8) is 0 Å². The summed E-state index contributed by atoms with van der Waals surface area (Å²) < 4.78 is 24.5. The Morgan fingerprint density at radius 1 is 1.33 bits per heavy atom. The number of nitrogens with zero attached hydrogens (tertiary/aromatic N) is 2. The topological polar surface area (TPSA) is 42.0 Å². The van der Waals surface area contributed by atoms with Gasteiger partial charge in [0.15, 0.2) is 0 Å². The summed E-state index contributed by atoms with van der Waals surface area (Å²) in [5.74, 6) is -0.101. The molecular formula is C20H28ClFN2O3. The molecule has 2 atom stereocenters. The van der Waals surface area contributed by atoms with Crippen LogP contribution in [-0.4, -0.2) is 68.3 Å². The number of halogens is 2. The zero-order valence-electron chi connectivity index (χ0n) is 15.8. The van der Waals surface area contributed by atoms with Crippen molar-refractivity contribution in [2.45, 2.75) is 31.8 Å². The Balaban J connectivity index is 1.68. The number of carbonyl (C=O) groups excluding carboxylic acids is 1. The standard InChI is InChI=1S/C20H28ClFN2O3/c1-26-20(25)6-5-15-13-23(14-16-17(21)3-2-4-18(16)22)8-7-19(15)24-9-11-27-12-10-24/h2-4,15,19H,5-14H2,1H3/t15-,19+/m1/s1. The van der Waals surface area contributed by atoms with Crippen LogP contribution in [0.25, 0.3) is 0 Å². The van der Waals surface area contributed by atoms with E-state index in [0.717, 1.165) is 52.2 Å². The number of rotatable bonds is 6. The molecule has 0 N–H and O–H groups in total. The molecule has 5 nitrogen and oxygen atoms in total. The third-order valence-corrected chi connectivity index (χ3v) is 6.04. The fourth-order valence-corrected chi connectivity index (χ4v) is 4.45. The van der Waals surface area contributed by atoms with Crippen LogP contribution in [0, 0.1) is 11.7 Å². The molecule has 0 spiro atoms. The lowest BCUT2D eigenvalue weighted by Gasteiger charge is -2.45. The molecule has 0 bridgehead atoms. The van der Waals surface area contributed by atoms with Gasteiger partial charge in [-0.05, 0) is 37.4 Å². The summed E-state index contributed by atoms with van der Waals surface area (Å²) in [5.41, 5.74) is 0.552. The van der Waals surface area contributed by atoms with Gasteiger partial charge in [-0.1, -0.05) is 17.7 Å². The van der Waals surface area contributed by atoms with Gasteiger partial charge in [0.05, 0.1) is 20.3 Å². The normalized spacial score (nSPS) is 24.7. The van der Waals surface area contributed by atoms with Crippen LogP contribution in [0.5, 0.6) is 0 Å². The number of carbonyl (C=O) groups is 1. The summed E-state index contributed by atoms with van der Waals surface area (Å²) in [6.45, 7) is 5.59. The maximum Gasteiger partial charge on any atom is 0.305 e. The van der Waals surface area contributed by atoms with Crippen molar-refractivity contribution in [3.05, 3.63) is 34.6 Å². The van der Waals surface area contributed by atoms with Gasteiger partial charge in [0.1, 0.15) is 5.82 Å². The van der Waals surface area contributed by atoms with E-state index in [-0.39, 0.29) is 11.8 Å². The molecule has 0 aliphatic carbocycles. The van der Waals surface area contributed by atoms with E-state index in [0.29, 0.717) is 35.5 Å². The van der Waals surface area contributed by atoms with E-state index in [9.17, 15) is 9.18 Å². The average Bonchev–Trinajstić information content (AvgIpc) is 2.69. The first-order chi connectivity index (χ1) is 13.1. The zero-order valence-corrected chi connectivity index (χ0v) is 16.6. The number of esters is 1. The predicted octanol–water partition coefficient (Wildman–Crippen LogP) is 2.96. The van der Waals surface area contributed by atoms with Crippen molar-refractivity contribution in [1.29, 1.82) is 0 Å². The van der Waals surface area contributed by atoms with Gasteiger partial charge < -0.3 is 9.47 Å². The quantitative estimate of drug-likeness (QED) is 0.689. The van der Waals surface area contributed by atoms with Gasteiger partial charge in [-0.2, -0.15) is 0 Å². The van der Waals surface area contributed by atoms with Crippen LogP contribution in [0.1, 0.15) is 24.8 Å². The van der Waals surface area contributed by atoms with Gasteiger partial charge in [0.25, 0.3) is 0 Å². The minimum absolute atomic E-state index is 0.176. The predicted molar refractivity (Wildman–Crippen MR) is 102 cm³/mol. The Hall–Kier alpha value is -1.21. The molecule has 0 amide bonds. The number of hydrogen-bond donors (Lipinski definition) is 0. The molecule has 7 heteroatoms. The van der Waals surface area contributed by atoms with Crippen LogP contribution in [0.3, 0.4) is 0 Å². The number of morpholine rings is 1. The first kappa shape index (κ1) is 20.5. The number of piperidine rings is 1. The van der Waals surface area contributed by atoms with E-state index in [1.807, 2.05) is 0 Å². The molecule has 2 aliphatic rings. The molecule has 3 rings (SSSR count). The molecule has 1 aromatic carbocycles. The zero-order chi connectivity index (χ0) is 19.2. The summed E-state index contributed by atoms with van der Waals surface area (Å²) >= 11 is 6.21. The highest BCUT2D eigenvalue weighted by Gasteiger charge is 2.34. The molecule has 2 fully saturated rings. The van der Waals surface area contributed by atoms with Gasteiger partial charge in [-0.25, -0.2) is 4.39 Å². The molecule has 0 saturated carbocycles. The van der Waals surface area contributed by atoms with Crippen molar-refractivity contribution >= 4 is 17.6 Å². The van der Waals surface area contributed by atoms with Gasteiger partial charge in [0, 0.05) is 49.2 Å². The largest absolute Gasteiger partial charge is 0.469 e. The van der Waals surface area contributed by atoms with E-state index >= 15 is 0 Å². The third kappa shape index (κ3) is 5.41. The van der Waals surface area contributed by atoms with Crippen molar-refractivity contribution in [3.8, 4) is 0 Å². The van der Waals surface area contributed by atoms with Crippen LogP contribution in [0.4, 0.5) is 4.39 Å². The summed E-state index contributed by atoms with van der Waals surface area (Å²) in [5, 5.41) is 0.469. The van der Waals surface area contributed by atoms with Crippen LogP contribution >= 0.6 is 11.6 Å². The third-order valence-electron chi connectivity index (χ3n) is 5.68. The minimum atomic E-state index is -0.260. The van der Waals surface area contributed by atoms with Gasteiger partial charge >= 0.3 is 5.97 Å². The lowest BCUT2D eigenvalue weighted by atomic mass is 9.86. The Morgan fingerprint density at radius 3 is 2.81 bits per heavy atom. The lowest BCUT2D eigenvalue weighted by Crippen LogP contribution is -2.53. The second-order valence-electron chi connectivity index (χ2n) is 7.31. The first-order valence-electron chi connectivity index (χ1n) is 9.62. The summed E-state index contributed by atoms with van der Waals surface area (Å²) in [6.07, 6.45) is 2.18. The number of ether oxygens (including phenoxy) is 2. The van der Waals surface area contributed by atoms with Crippen LogP contribution < -0.4 is 0 Å². The van der Waals surface area contributed by atoms with E-state index in [1.54, 1.807) is 12.1 Å². The summed E-state index contributed by atoms with van der Waals surface area (Å²) in [4.78, 5) is 16.4. The Labute approximate surface area is 165 Å². The second kappa shape index (κ2) is 9.82. The van der Waals surface area contributed by atoms with Gasteiger partial charge in [0.2, 0.25) is 0 Å². The molecular weight excluding hydrogens is 371 g/mol. The highest BCUT2D eigenvalue weighted by Crippen LogP contribution is 2.29. The highest BCUT2D eigenvalue weighted by molar-refractivity contribution is 6.31. The smallest absolute Gasteiger partial charge is 0.305 e. The van der Waals surface area contributed by atoms with Crippen molar-refractivity contribution in [2.75, 3.05) is 46.5 Å². The first-order valence-corrected chi connectivity index (χ1v) is 10.00. The fraction of sp³-hybridized carbons (Fsp3) is 0.650. The molecule has 2 heterocycles. The summed E-state index contributed by atoms with van der Waals surface area (Å²) in [7, 11) is 1.43. The molecule has 150 valence electrons. The lowest BCUT2D eigenvalue weighted by molar-refractivity contribution is -0.141. The Morgan fingerprint density at radius 2 is 2.11 bits per heavy atom. The van der Waals surface area contributed by atoms with E-state index < -0.39 is 0 Å². The SMILES string of the molecule is COC(=O)CC[C@@H]1CN(Cc2c(F)cccc2Cl)CC[C@@H]1N1CCOCC1. The molecule has 0 radical (unpaired) electrons. The molecule has 0 aromatic heterocycles. The van der Waals surface area contributed by atoms with Crippen molar-refractivity contribution < 1.29 is 18.7 Å². The molecule has 1 aromatic rings. The maximum absolute atomic E-state index is 14.2. The number of hydrogen-bond acceptors (Lipinski definition) is 5. The van der Waals surface area contributed by atoms with Crippen molar-refractivity contribution in [1.82, 2.24) is 9.80 Å². The minimum Gasteiger partial charge on any atom is -0.469 e. The Kier molecular flexibility index (Phi) is 7.47. The fourth-order valence-electron chi connectivity index (χ4n) is 4.22. The number of likely N-dealkylation sites (tertiary alicyclic amines) is 1. The molecule has 2 saturated heterocycles. The van der Waals surface area contributed by atoms with Crippen LogP contribution in [0.2, 0.25) is 5.02 Å².